The highest BCUT2D eigenvalue weighted by Crippen LogP contribution is 2.05. The molecule has 2 rings (SSSR count). The lowest BCUT2D eigenvalue weighted by Gasteiger charge is -2.12. The summed E-state index contributed by atoms with van der Waals surface area (Å²) in [6.07, 6.45) is 1.53. The van der Waals surface area contributed by atoms with Crippen molar-refractivity contribution in [1.29, 1.82) is 0 Å². The molecule has 21 heavy (non-hydrogen) atoms. The monoisotopic (exact) mass is 308 g/mol. The summed E-state index contributed by atoms with van der Waals surface area (Å²) >= 11 is 1.66. The normalized spacial score (nSPS) is 11.9. The Morgan fingerprint density at radius 2 is 2.19 bits per heavy atom. The van der Waals surface area contributed by atoms with Gasteiger partial charge in [-0.2, -0.15) is 0 Å². The lowest BCUT2D eigenvalue weighted by Crippen LogP contribution is -3.08. The maximum absolute atomic E-state index is 11.7. The van der Waals surface area contributed by atoms with Gasteiger partial charge in [0.2, 0.25) is 0 Å². The van der Waals surface area contributed by atoms with Gasteiger partial charge in [0.1, 0.15) is 12.3 Å². The fourth-order valence-corrected chi connectivity index (χ4v) is 2.66. The van der Waals surface area contributed by atoms with Crippen LogP contribution in [0, 0.1) is 0 Å². The minimum atomic E-state index is -0.514. The minimum absolute atomic E-state index is 0.242. The number of quaternary nitrogens is 1. The number of likely N-dealkylation sites (N-methyl/N-ethyl adjacent to an activating group) is 1. The molecule has 1 atom stereocenters. The van der Waals surface area contributed by atoms with E-state index in [-0.39, 0.29) is 19.0 Å². The van der Waals surface area contributed by atoms with Gasteiger partial charge in [0.15, 0.2) is 6.54 Å². The lowest BCUT2D eigenvalue weighted by molar-refractivity contribution is -0.885. The number of hydrogen-bond donors (Lipinski definition) is 3. The van der Waals surface area contributed by atoms with Gasteiger partial charge >= 0.3 is 6.03 Å². The van der Waals surface area contributed by atoms with Gasteiger partial charge in [-0.15, -0.1) is 11.3 Å². The van der Waals surface area contributed by atoms with E-state index in [1.165, 1.54) is 11.1 Å². The summed E-state index contributed by atoms with van der Waals surface area (Å²) in [5.41, 5.74) is 0. The van der Waals surface area contributed by atoms with Crippen LogP contribution in [0.15, 0.2) is 40.3 Å². The van der Waals surface area contributed by atoms with Gasteiger partial charge < -0.3 is 14.6 Å². The molecule has 0 radical (unpaired) electrons. The molecule has 0 spiro atoms. The Kier molecular flexibility index (Phi) is 5.53. The summed E-state index contributed by atoms with van der Waals surface area (Å²) in [6.45, 7) is 1.26. The molecule has 6 nitrogen and oxygen atoms in total. The Hall–Kier alpha value is -2.12. The van der Waals surface area contributed by atoms with Gasteiger partial charge in [-0.25, -0.2) is 4.79 Å². The first kappa shape index (κ1) is 15.3. The summed E-state index contributed by atoms with van der Waals surface area (Å²) in [6, 6.07) is 6.99. The van der Waals surface area contributed by atoms with Crippen molar-refractivity contribution in [2.75, 3.05) is 13.6 Å². The fraction of sp³-hybridized carbons (Fsp3) is 0.286. The molecule has 1 unspecified atom stereocenters. The highest BCUT2D eigenvalue weighted by atomic mass is 32.1. The predicted octanol–water partition coefficient (Wildman–Crippen LogP) is 0.382. The molecule has 0 aliphatic carbocycles. The van der Waals surface area contributed by atoms with Crippen molar-refractivity contribution >= 4 is 23.3 Å². The molecular weight excluding hydrogens is 290 g/mol. The number of hydrogen-bond acceptors (Lipinski definition) is 4. The molecule has 0 aliphatic rings. The van der Waals surface area contributed by atoms with Crippen LogP contribution >= 0.6 is 11.3 Å². The van der Waals surface area contributed by atoms with Crippen LogP contribution < -0.4 is 15.5 Å². The second-order valence-electron chi connectivity index (χ2n) is 4.70. The number of nitrogens with one attached hydrogen (secondary N) is 3. The third kappa shape index (κ3) is 5.41. The van der Waals surface area contributed by atoms with Gasteiger partial charge in [-0.1, -0.05) is 6.07 Å². The molecule has 0 aliphatic heterocycles. The first-order valence-electron chi connectivity index (χ1n) is 6.57. The molecule has 7 heteroatoms. The van der Waals surface area contributed by atoms with Crippen molar-refractivity contribution in [3.8, 4) is 0 Å². The minimum Gasteiger partial charge on any atom is -0.467 e. The Morgan fingerprint density at radius 1 is 1.33 bits per heavy atom. The van der Waals surface area contributed by atoms with Crippen LogP contribution in [0.3, 0.4) is 0 Å². The molecule has 0 saturated carbocycles. The summed E-state index contributed by atoms with van der Waals surface area (Å²) in [4.78, 5) is 25.5. The zero-order valence-corrected chi connectivity index (χ0v) is 12.5. The highest BCUT2D eigenvalue weighted by Gasteiger charge is 2.13. The summed E-state index contributed by atoms with van der Waals surface area (Å²) < 4.78 is 5.08. The van der Waals surface area contributed by atoms with Gasteiger partial charge in [0, 0.05) is 0 Å². The third-order valence-electron chi connectivity index (χ3n) is 2.77. The lowest BCUT2D eigenvalue weighted by atomic mass is 10.4. The van der Waals surface area contributed by atoms with Gasteiger partial charge in [-0.05, 0) is 23.6 Å². The van der Waals surface area contributed by atoms with E-state index >= 15 is 0 Å². The van der Waals surface area contributed by atoms with Crippen molar-refractivity contribution in [3.05, 3.63) is 46.5 Å². The number of furan rings is 1. The zero-order chi connectivity index (χ0) is 15.1. The molecule has 112 valence electrons. The van der Waals surface area contributed by atoms with E-state index in [9.17, 15) is 9.59 Å². The fourth-order valence-electron chi connectivity index (χ4n) is 1.84. The Labute approximate surface area is 126 Å². The van der Waals surface area contributed by atoms with Crippen LogP contribution in [-0.2, 0) is 17.9 Å². The van der Waals surface area contributed by atoms with Crippen LogP contribution in [0.25, 0.3) is 0 Å². The number of imide groups is 1. The SMILES string of the molecule is C[NH+](CC(=O)NC(=O)NCc1ccco1)Cc1cccs1. The quantitative estimate of drug-likeness (QED) is 0.722. The van der Waals surface area contributed by atoms with E-state index < -0.39 is 6.03 Å². The maximum Gasteiger partial charge on any atom is 0.321 e. The summed E-state index contributed by atoms with van der Waals surface area (Å²) in [5, 5.41) is 6.87. The van der Waals surface area contributed by atoms with Crippen LogP contribution in [0.5, 0.6) is 0 Å². The number of amides is 3. The Bertz CT molecular complexity index is 566. The predicted molar refractivity (Wildman–Crippen MR) is 78.9 cm³/mol. The molecule has 0 aromatic carbocycles. The first-order chi connectivity index (χ1) is 10.1. The number of carbonyl (C=O) groups is 2. The summed E-state index contributed by atoms with van der Waals surface area (Å²) in [5.74, 6) is 0.332. The molecule has 0 fully saturated rings. The number of rotatable bonds is 6. The van der Waals surface area contributed by atoms with Crippen LogP contribution in [0.4, 0.5) is 4.79 Å². The van der Waals surface area contributed by atoms with Crippen molar-refractivity contribution in [1.82, 2.24) is 10.6 Å². The average molecular weight is 308 g/mol. The topological polar surface area (TPSA) is 75.8 Å². The Balaban J connectivity index is 1.67. The van der Waals surface area contributed by atoms with Crippen molar-refractivity contribution < 1.29 is 18.9 Å². The molecule has 2 heterocycles. The number of urea groups is 1. The van der Waals surface area contributed by atoms with E-state index in [0.717, 1.165) is 11.4 Å². The number of thiophene rings is 1. The largest absolute Gasteiger partial charge is 0.467 e. The molecule has 3 N–H and O–H groups in total. The second kappa shape index (κ2) is 7.61. The van der Waals surface area contributed by atoms with Crippen molar-refractivity contribution in [2.45, 2.75) is 13.1 Å². The average Bonchev–Trinajstić information content (AvgIpc) is 3.08. The van der Waals surface area contributed by atoms with Crippen LogP contribution in [0.2, 0.25) is 0 Å². The van der Waals surface area contributed by atoms with Gasteiger partial charge in [-0.3, -0.25) is 10.1 Å². The zero-order valence-electron chi connectivity index (χ0n) is 11.7. The van der Waals surface area contributed by atoms with E-state index in [2.05, 4.69) is 10.6 Å². The molecule has 2 aromatic heterocycles. The van der Waals surface area contributed by atoms with Crippen molar-refractivity contribution in [3.63, 3.8) is 0 Å². The van der Waals surface area contributed by atoms with Crippen LogP contribution in [-0.4, -0.2) is 25.5 Å². The first-order valence-corrected chi connectivity index (χ1v) is 7.45. The van der Waals surface area contributed by atoms with E-state index in [1.54, 1.807) is 23.5 Å². The van der Waals surface area contributed by atoms with Gasteiger partial charge in [0.05, 0.1) is 24.7 Å². The molecule has 3 amide bonds. The highest BCUT2D eigenvalue weighted by molar-refractivity contribution is 7.09. The van der Waals surface area contributed by atoms with Crippen molar-refractivity contribution in [2.24, 2.45) is 0 Å². The maximum atomic E-state index is 11.7. The molecule has 0 saturated heterocycles. The number of carbonyl (C=O) groups excluding carboxylic acids is 2. The van der Waals surface area contributed by atoms with Crippen LogP contribution in [0.1, 0.15) is 10.6 Å². The standard InChI is InChI=1S/C14H17N3O3S/c1-17(9-12-5-3-7-21-12)10-13(18)16-14(19)15-8-11-4-2-6-20-11/h2-7H,8-10H2,1H3,(H2,15,16,18,19)/p+1. The molecule has 2 aromatic rings. The van der Waals surface area contributed by atoms with Gasteiger partial charge in [0.25, 0.3) is 5.91 Å². The van der Waals surface area contributed by atoms with E-state index in [4.69, 9.17) is 4.42 Å². The molecule has 0 bridgehead atoms. The second-order valence-corrected chi connectivity index (χ2v) is 5.73. The molecular formula is C14H18N3O3S+. The smallest absolute Gasteiger partial charge is 0.321 e. The summed E-state index contributed by atoms with van der Waals surface area (Å²) in [7, 11) is 1.92. The third-order valence-corrected chi connectivity index (χ3v) is 3.65. The Morgan fingerprint density at radius 3 is 2.86 bits per heavy atom. The van der Waals surface area contributed by atoms with E-state index in [0.29, 0.717) is 5.76 Å². The van der Waals surface area contributed by atoms with E-state index in [1.807, 2.05) is 24.6 Å².